The van der Waals surface area contributed by atoms with E-state index in [0.717, 1.165) is 24.4 Å². The number of ether oxygens (including phenoxy) is 2. The van der Waals surface area contributed by atoms with Crippen molar-refractivity contribution in [3.63, 3.8) is 0 Å². The van der Waals surface area contributed by atoms with Crippen LogP contribution in [0.1, 0.15) is 42.1 Å². The molecule has 5 heteroatoms. The molecule has 0 spiro atoms. The van der Waals surface area contributed by atoms with Gasteiger partial charge in [0.15, 0.2) is 11.5 Å². The van der Waals surface area contributed by atoms with Gasteiger partial charge in [0.1, 0.15) is 6.61 Å². The predicted octanol–water partition coefficient (Wildman–Crippen LogP) is 4.13. The lowest BCUT2D eigenvalue weighted by Gasteiger charge is -2.30. The highest BCUT2D eigenvalue weighted by Gasteiger charge is 2.15. The molecule has 156 valence electrons. The quantitative estimate of drug-likeness (QED) is 0.648. The number of piperidine rings is 1. The summed E-state index contributed by atoms with van der Waals surface area (Å²) in [5.74, 6) is 1.97. The fourth-order valence-corrected chi connectivity index (χ4v) is 3.56. The monoisotopic (exact) mass is 396 g/mol. The topological polar surface area (TPSA) is 50.8 Å². The minimum atomic E-state index is -0.0785. The van der Waals surface area contributed by atoms with Crippen LogP contribution in [0.3, 0.4) is 0 Å². The molecule has 2 aromatic carbocycles. The third-order valence-electron chi connectivity index (χ3n) is 5.48. The van der Waals surface area contributed by atoms with Gasteiger partial charge in [0.25, 0.3) is 5.91 Å². The molecule has 0 radical (unpaired) electrons. The van der Waals surface area contributed by atoms with E-state index >= 15 is 0 Å². The number of likely N-dealkylation sites (tertiary alicyclic amines) is 1. The number of amides is 1. The molecular formula is C24H32N2O3. The summed E-state index contributed by atoms with van der Waals surface area (Å²) in [4.78, 5) is 15.0. The number of hydrogen-bond donors (Lipinski definition) is 1. The Morgan fingerprint density at radius 3 is 2.59 bits per heavy atom. The van der Waals surface area contributed by atoms with Crippen LogP contribution in [0.4, 0.5) is 0 Å². The first-order valence-electron chi connectivity index (χ1n) is 10.5. The van der Waals surface area contributed by atoms with Crippen LogP contribution in [0.5, 0.6) is 11.5 Å². The molecule has 1 fully saturated rings. The van der Waals surface area contributed by atoms with E-state index in [1.54, 1.807) is 25.3 Å². The van der Waals surface area contributed by atoms with Crippen LogP contribution < -0.4 is 14.8 Å². The summed E-state index contributed by atoms with van der Waals surface area (Å²) < 4.78 is 11.3. The molecule has 3 rings (SSSR count). The van der Waals surface area contributed by atoms with E-state index in [-0.39, 0.29) is 5.91 Å². The highest BCUT2D eigenvalue weighted by molar-refractivity contribution is 5.94. The molecule has 1 aliphatic rings. The molecule has 5 nitrogen and oxygen atoms in total. The summed E-state index contributed by atoms with van der Waals surface area (Å²) in [6.45, 7) is 6.86. The minimum absolute atomic E-state index is 0.0785. The zero-order valence-electron chi connectivity index (χ0n) is 17.5. The van der Waals surface area contributed by atoms with Crippen LogP contribution in [0.25, 0.3) is 0 Å². The molecule has 1 aliphatic heterocycles. The molecule has 0 aliphatic carbocycles. The van der Waals surface area contributed by atoms with Gasteiger partial charge < -0.3 is 19.7 Å². The Balaban J connectivity index is 1.46. The SMILES string of the molecule is COc1cc(C(=O)NCCCN2CCC(C)CC2)ccc1OCc1ccccc1. The molecule has 29 heavy (non-hydrogen) atoms. The van der Waals surface area contributed by atoms with Crippen molar-refractivity contribution in [1.82, 2.24) is 10.2 Å². The van der Waals surface area contributed by atoms with Gasteiger partial charge in [-0.25, -0.2) is 0 Å². The third kappa shape index (κ3) is 6.50. The molecular weight excluding hydrogens is 364 g/mol. The van der Waals surface area contributed by atoms with Gasteiger partial charge in [-0.05, 0) is 68.6 Å². The molecule has 2 aromatic rings. The molecule has 0 aromatic heterocycles. The Labute approximate surface area is 174 Å². The average molecular weight is 397 g/mol. The first-order valence-corrected chi connectivity index (χ1v) is 10.5. The molecule has 1 amide bonds. The second-order valence-electron chi connectivity index (χ2n) is 7.77. The lowest BCUT2D eigenvalue weighted by Crippen LogP contribution is -2.35. The van der Waals surface area contributed by atoms with Gasteiger partial charge in [0.05, 0.1) is 7.11 Å². The minimum Gasteiger partial charge on any atom is -0.493 e. The smallest absolute Gasteiger partial charge is 0.251 e. The second-order valence-corrected chi connectivity index (χ2v) is 7.77. The van der Waals surface area contributed by atoms with Crippen LogP contribution in [0, 0.1) is 5.92 Å². The number of rotatable bonds is 9. The molecule has 0 atom stereocenters. The summed E-state index contributed by atoms with van der Waals surface area (Å²) in [6.07, 6.45) is 3.53. The summed E-state index contributed by atoms with van der Waals surface area (Å²) in [5, 5.41) is 3.01. The van der Waals surface area contributed by atoms with Crippen molar-refractivity contribution in [2.75, 3.05) is 33.3 Å². The number of hydrogen-bond acceptors (Lipinski definition) is 4. The van der Waals surface area contributed by atoms with Gasteiger partial charge in [-0.3, -0.25) is 4.79 Å². The van der Waals surface area contributed by atoms with Gasteiger partial charge >= 0.3 is 0 Å². The van der Waals surface area contributed by atoms with Gasteiger partial charge in [-0.2, -0.15) is 0 Å². The van der Waals surface area contributed by atoms with E-state index in [1.807, 2.05) is 30.3 Å². The Morgan fingerprint density at radius 2 is 1.86 bits per heavy atom. The maximum atomic E-state index is 12.5. The van der Waals surface area contributed by atoms with Crippen molar-refractivity contribution in [3.05, 3.63) is 59.7 Å². The fourth-order valence-electron chi connectivity index (χ4n) is 3.56. The van der Waals surface area contributed by atoms with E-state index in [1.165, 1.54) is 25.9 Å². The van der Waals surface area contributed by atoms with Crippen LogP contribution in [0.2, 0.25) is 0 Å². The maximum absolute atomic E-state index is 12.5. The van der Waals surface area contributed by atoms with Crippen molar-refractivity contribution in [2.45, 2.75) is 32.8 Å². The van der Waals surface area contributed by atoms with Gasteiger partial charge in [-0.1, -0.05) is 37.3 Å². The van der Waals surface area contributed by atoms with E-state index in [2.05, 4.69) is 17.1 Å². The maximum Gasteiger partial charge on any atom is 0.251 e. The second kappa shape index (κ2) is 10.9. The number of nitrogens with zero attached hydrogens (tertiary/aromatic N) is 1. The van der Waals surface area contributed by atoms with Gasteiger partial charge in [0.2, 0.25) is 0 Å². The molecule has 0 saturated carbocycles. The fraction of sp³-hybridized carbons (Fsp3) is 0.458. The summed E-state index contributed by atoms with van der Waals surface area (Å²) in [6, 6.07) is 15.3. The zero-order valence-corrected chi connectivity index (χ0v) is 17.5. The van der Waals surface area contributed by atoms with E-state index in [0.29, 0.717) is 30.2 Å². The number of nitrogens with one attached hydrogen (secondary N) is 1. The molecule has 0 unspecified atom stereocenters. The van der Waals surface area contributed by atoms with Crippen molar-refractivity contribution < 1.29 is 14.3 Å². The number of carbonyl (C=O) groups is 1. The normalized spacial score (nSPS) is 15.1. The lowest BCUT2D eigenvalue weighted by atomic mass is 9.99. The Morgan fingerprint density at radius 1 is 1.10 bits per heavy atom. The highest BCUT2D eigenvalue weighted by Crippen LogP contribution is 2.29. The first kappa shape index (κ1) is 21.2. The molecule has 0 bridgehead atoms. The van der Waals surface area contributed by atoms with Crippen molar-refractivity contribution in [3.8, 4) is 11.5 Å². The Bertz CT molecular complexity index is 771. The lowest BCUT2D eigenvalue weighted by molar-refractivity contribution is 0.0950. The van der Waals surface area contributed by atoms with E-state index in [4.69, 9.17) is 9.47 Å². The summed E-state index contributed by atoms with van der Waals surface area (Å²) in [7, 11) is 1.59. The molecule has 1 N–H and O–H groups in total. The first-order chi connectivity index (χ1) is 14.2. The average Bonchev–Trinajstić information content (AvgIpc) is 2.77. The largest absolute Gasteiger partial charge is 0.493 e. The summed E-state index contributed by atoms with van der Waals surface area (Å²) >= 11 is 0. The zero-order chi connectivity index (χ0) is 20.5. The van der Waals surface area contributed by atoms with Crippen molar-refractivity contribution >= 4 is 5.91 Å². The Kier molecular flexibility index (Phi) is 7.94. The number of methoxy groups -OCH3 is 1. The standard InChI is InChI=1S/C24H32N2O3/c1-19-11-15-26(16-12-19)14-6-13-25-24(27)21-9-10-22(23(17-21)28-2)29-18-20-7-4-3-5-8-20/h3-5,7-10,17,19H,6,11-16,18H2,1-2H3,(H,25,27). The van der Waals surface area contributed by atoms with Crippen molar-refractivity contribution in [2.24, 2.45) is 5.92 Å². The van der Waals surface area contributed by atoms with Crippen LogP contribution in [-0.4, -0.2) is 44.1 Å². The van der Waals surface area contributed by atoms with Gasteiger partial charge in [0, 0.05) is 12.1 Å². The molecule has 1 heterocycles. The van der Waals surface area contributed by atoms with Crippen LogP contribution in [-0.2, 0) is 6.61 Å². The third-order valence-corrected chi connectivity index (χ3v) is 5.48. The summed E-state index contributed by atoms with van der Waals surface area (Å²) in [5.41, 5.74) is 1.67. The van der Waals surface area contributed by atoms with Crippen LogP contribution >= 0.6 is 0 Å². The van der Waals surface area contributed by atoms with Crippen LogP contribution in [0.15, 0.2) is 48.5 Å². The van der Waals surface area contributed by atoms with E-state index < -0.39 is 0 Å². The van der Waals surface area contributed by atoms with Crippen molar-refractivity contribution in [1.29, 1.82) is 0 Å². The highest BCUT2D eigenvalue weighted by atomic mass is 16.5. The molecule has 1 saturated heterocycles. The Hall–Kier alpha value is -2.53. The number of carbonyl (C=O) groups excluding carboxylic acids is 1. The van der Waals surface area contributed by atoms with E-state index in [9.17, 15) is 4.79 Å². The predicted molar refractivity (Wildman–Crippen MR) is 116 cm³/mol. The number of benzene rings is 2. The van der Waals surface area contributed by atoms with Gasteiger partial charge in [-0.15, -0.1) is 0 Å².